The standard InChI is InChI=1S/C16H14Cl2N4OS.ClH/c17-9-3-4-10(11(18)7-9)14-20-12(8-24-14)13-21-15(22-23-13)16(19)5-1-2-6-16;/h3-4,7-8H,1-2,5-6,19H2;1H. The van der Waals surface area contributed by atoms with Crippen LogP contribution in [-0.2, 0) is 5.54 Å². The van der Waals surface area contributed by atoms with Gasteiger partial charge >= 0.3 is 0 Å². The van der Waals surface area contributed by atoms with Crippen LogP contribution in [0.1, 0.15) is 31.5 Å². The smallest absolute Gasteiger partial charge is 0.277 e. The molecule has 1 aromatic carbocycles. The first-order valence-corrected chi connectivity index (χ1v) is 9.23. The maximum Gasteiger partial charge on any atom is 0.277 e. The third-order valence-electron chi connectivity index (χ3n) is 4.25. The summed E-state index contributed by atoms with van der Waals surface area (Å²) < 4.78 is 5.38. The Labute approximate surface area is 165 Å². The Kier molecular flexibility index (Phi) is 5.37. The maximum absolute atomic E-state index is 6.37. The Morgan fingerprint density at radius 1 is 1.16 bits per heavy atom. The predicted octanol–water partition coefficient (Wildman–Crippen LogP) is 5.32. The minimum absolute atomic E-state index is 0. The zero-order chi connectivity index (χ0) is 16.7. The summed E-state index contributed by atoms with van der Waals surface area (Å²) in [6, 6.07) is 5.33. The molecule has 2 aromatic heterocycles. The van der Waals surface area contributed by atoms with Crippen LogP contribution in [-0.4, -0.2) is 15.1 Å². The van der Waals surface area contributed by atoms with E-state index in [1.165, 1.54) is 11.3 Å². The molecule has 0 saturated heterocycles. The summed E-state index contributed by atoms with van der Waals surface area (Å²) in [5, 5.41) is 7.86. The second-order valence-electron chi connectivity index (χ2n) is 5.95. The van der Waals surface area contributed by atoms with E-state index in [9.17, 15) is 0 Å². The van der Waals surface area contributed by atoms with E-state index in [0.717, 1.165) is 36.3 Å². The van der Waals surface area contributed by atoms with E-state index in [4.69, 9.17) is 33.5 Å². The van der Waals surface area contributed by atoms with Gasteiger partial charge in [-0.3, -0.25) is 0 Å². The topological polar surface area (TPSA) is 77.8 Å². The molecule has 0 unspecified atom stereocenters. The molecule has 0 radical (unpaired) electrons. The second-order valence-corrected chi connectivity index (χ2v) is 7.65. The van der Waals surface area contributed by atoms with Crippen molar-refractivity contribution in [3.63, 3.8) is 0 Å². The average molecular weight is 418 g/mol. The van der Waals surface area contributed by atoms with Crippen LogP contribution in [0.2, 0.25) is 10.0 Å². The summed E-state index contributed by atoms with van der Waals surface area (Å²) in [5.41, 5.74) is 7.35. The molecule has 0 bridgehead atoms. The molecule has 0 spiro atoms. The van der Waals surface area contributed by atoms with E-state index >= 15 is 0 Å². The fourth-order valence-electron chi connectivity index (χ4n) is 2.92. The number of nitrogens with two attached hydrogens (primary N) is 1. The van der Waals surface area contributed by atoms with Crippen molar-refractivity contribution < 1.29 is 4.52 Å². The molecular weight excluding hydrogens is 403 g/mol. The first-order chi connectivity index (χ1) is 11.5. The fourth-order valence-corrected chi connectivity index (χ4v) is 4.30. The normalized spacial score (nSPS) is 16.0. The van der Waals surface area contributed by atoms with Gasteiger partial charge < -0.3 is 10.3 Å². The lowest BCUT2D eigenvalue weighted by molar-refractivity contribution is 0.372. The quantitative estimate of drug-likeness (QED) is 0.624. The van der Waals surface area contributed by atoms with Crippen LogP contribution in [0.3, 0.4) is 0 Å². The van der Waals surface area contributed by atoms with E-state index in [0.29, 0.717) is 27.5 Å². The highest BCUT2D eigenvalue weighted by Gasteiger charge is 2.36. The summed E-state index contributed by atoms with van der Waals surface area (Å²) in [6.07, 6.45) is 3.95. The zero-order valence-corrected chi connectivity index (χ0v) is 16.2. The van der Waals surface area contributed by atoms with Crippen molar-refractivity contribution in [3.8, 4) is 22.2 Å². The maximum atomic E-state index is 6.37. The summed E-state index contributed by atoms with van der Waals surface area (Å²) >= 11 is 13.6. The summed E-state index contributed by atoms with van der Waals surface area (Å²) in [6.45, 7) is 0. The largest absolute Gasteiger partial charge is 0.332 e. The fraction of sp³-hybridized carbons (Fsp3) is 0.312. The molecule has 2 N–H and O–H groups in total. The first kappa shape index (κ1) is 18.6. The highest BCUT2D eigenvalue weighted by atomic mass is 35.5. The van der Waals surface area contributed by atoms with Crippen LogP contribution in [0.25, 0.3) is 22.2 Å². The van der Waals surface area contributed by atoms with E-state index in [2.05, 4.69) is 15.1 Å². The van der Waals surface area contributed by atoms with Gasteiger partial charge in [0.25, 0.3) is 5.89 Å². The summed E-state index contributed by atoms with van der Waals surface area (Å²) in [7, 11) is 0. The lowest BCUT2D eigenvalue weighted by Gasteiger charge is -2.17. The van der Waals surface area contributed by atoms with E-state index in [1.54, 1.807) is 12.1 Å². The molecule has 1 aliphatic rings. The molecule has 0 amide bonds. The van der Waals surface area contributed by atoms with Crippen molar-refractivity contribution in [1.29, 1.82) is 0 Å². The Morgan fingerprint density at radius 2 is 1.92 bits per heavy atom. The molecule has 25 heavy (non-hydrogen) atoms. The van der Waals surface area contributed by atoms with Crippen LogP contribution in [0, 0.1) is 0 Å². The van der Waals surface area contributed by atoms with Crippen molar-refractivity contribution in [2.75, 3.05) is 0 Å². The molecule has 2 heterocycles. The van der Waals surface area contributed by atoms with Gasteiger partial charge in [0.1, 0.15) is 10.7 Å². The molecule has 1 aliphatic carbocycles. The number of hydrogen-bond donors (Lipinski definition) is 1. The third-order valence-corrected chi connectivity index (χ3v) is 5.68. The van der Waals surface area contributed by atoms with Crippen LogP contribution in [0.5, 0.6) is 0 Å². The second kappa shape index (κ2) is 7.21. The van der Waals surface area contributed by atoms with Gasteiger partial charge in [-0.1, -0.05) is 41.2 Å². The van der Waals surface area contributed by atoms with Crippen molar-refractivity contribution in [2.24, 2.45) is 5.73 Å². The van der Waals surface area contributed by atoms with Crippen molar-refractivity contribution in [2.45, 2.75) is 31.2 Å². The highest BCUT2D eigenvalue weighted by molar-refractivity contribution is 7.13. The Morgan fingerprint density at radius 3 is 2.64 bits per heavy atom. The number of rotatable bonds is 3. The van der Waals surface area contributed by atoms with Crippen LogP contribution >= 0.6 is 46.9 Å². The highest BCUT2D eigenvalue weighted by Crippen LogP contribution is 2.37. The zero-order valence-electron chi connectivity index (χ0n) is 13.0. The SMILES string of the molecule is Cl.NC1(c2noc(-c3csc(-c4ccc(Cl)cc4Cl)n3)n2)CCCC1. The van der Waals surface area contributed by atoms with Gasteiger partial charge in [0.05, 0.1) is 10.6 Å². The van der Waals surface area contributed by atoms with E-state index in [1.807, 2.05) is 11.4 Å². The Bertz CT molecular complexity index is 889. The van der Waals surface area contributed by atoms with Gasteiger partial charge in [-0.2, -0.15) is 4.98 Å². The average Bonchev–Trinajstić information content (AvgIpc) is 3.27. The van der Waals surface area contributed by atoms with Crippen LogP contribution < -0.4 is 5.73 Å². The monoisotopic (exact) mass is 416 g/mol. The Hall–Kier alpha value is -1.18. The molecule has 1 saturated carbocycles. The molecule has 132 valence electrons. The minimum Gasteiger partial charge on any atom is -0.332 e. The van der Waals surface area contributed by atoms with E-state index in [-0.39, 0.29) is 12.4 Å². The molecule has 0 atom stereocenters. The minimum atomic E-state index is -0.472. The number of aromatic nitrogens is 3. The third kappa shape index (κ3) is 3.55. The van der Waals surface area contributed by atoms with E-state index < -0.39 is 5.54 Å². The van der Waals surface area contributed by atoms with Gasteiger partial charge in [0.15, 0.2) is 5.82 Å². The van der Waals surface area contributed by atoms with Gasteiger partial charge in [-0.25, -0.2) is 4.98 Å². The molecule has 3 aromatic rings. The number of thiazole rings is 1. The molecular formula is C16H15Cl3N4OS. The number of nitrogens with zero attached hydrogens (tertiary/aromatic N) is 3. The van der Waals surface area contributed by atoms with Gasteiger partial charge in [0.2, 0.25) is 0 Å². The Balaban J connectivity index is 0.00000182. The summed E-state index contributed by atoms with van der Waals surface area (Å²) in [4.78, 5) is 9.02. The lowest BCUT2D eigenvalue weighted by Crippen LogP contribution is -2.34. The molecule has 1 fully saturated rings. The predicted molar refractivity (Wildman–Crippen MR) is 102 cm³/mol. The molecule has 9 heteroatoms. The van der Waals surface area contributed by atoms with Crippen LogP contribution in [0.4, 0.5) is 0 Å². The summed E-state index contributed by atoms with van der Waals surface area (Å²) in [5.74, 6) is 0.948. The van der Waals surface area contributed by atoms with Gasteiger partial charge in [-0.15, -0.1) is 23.7 Å². The van der Waals surface area contributed by atoms with Gasteiger partial charge in [-0.05, 0) is 31.0 Å². The molecule has 4 rings (SSSR count). The number of hydrogen-bond acceptors (Lipinski definition) is 6. The van der Waals surface area contributed by atoms with Gasteiger partial charge in [0, 0.05) is 16.0 Å². The van der Waals surface area contributed by atoms with Crippen LogP contribution in [0.15, 0.2) is 28.1 Å². The van der Waals surface area contributed by atoms with Crippen molar-refractivity contribution in [3.05, 3.63) is 39.4 Å². The number of halogens is 3. The number of benzene rings is 1. The first-order valence-electron chi connectivity index (χ1n) is 7.60. The van der Waals surface area contributed by atoms with Crippen molar-refractivity contribution >= 4 is 46.9 Å². The molecule has 5 nitrogen and oxygen atoms in total. The lowest BCUT2D eigenvalue weighted by atomic mass is 9.99. The van der Waals surface area contributed by atoms with Crippen molar-refractivity contribution in [1.82, 2.24) is 15.1 Å². The molecule has 0 aliphatic heterocycles.